The second-order valence-corrected chi connectivity index (χ2v) is 9.39. The molecule has 0 saturated heterocycles. The molecule has 10 heteroatoms. The smallest absolute Gasteiger partial charge is 0.318 e. The van der Waals surface area contributed by atoms with Crippen molar-refractivity contribution < 1.29 is 14.3 Å². The van der Waals surface area contributed by atoms with Crippen LogP contribution in [0.15, 0.2) is 60.6 Å². The van der Waals surface area contributed by atoms with Gasteiger partial charge in [-0.15, -0.1) is 0 Å². The van der Waals surface area contributed by atoms with Gasteiger partial charge >= 0.3 is 6.01 Å². The molecule has 9 nitrogen and oxygen atoms in total. The van der Waals surface area contributed by atoms with E-state index in [4.69, 9.17) is 26.1 Å². The number of anilines is 2. The Kier molecular flexibility index (Phi) is 7.07. The summed E-state index contributed by atoms with van der Waals surface area (Å²) in [7, 11) is 2.94. The number of hydrogen-bond donors (Lipinski definition) is 0. The summed E-state index contributed by atoms with van der Waals surface area (Å²) in [5, 5.41) is 12.2. The zero-order valence-electron chi connectivity index (χ0n) is 21.3. The van der Waals surface area contributed by atoms with Crippen molar-refractivity contribution in [3.63, 3.8) is 0 Å². The van der Waals surface area contributed by atoms with Gasteiger partial charge < -0.3 is 24.2 Å². The molecular formula is C28H27ClN6O3. The maximum Gasteiger partial charge on any atom is 0.318 e. The van der Waals surface area contributed by atoms with Gasteiger partial charge in [0.05, 0.1) is 49.7 Å². The molecule has 0 spiro atoms. The molecule has 0 radical (unpaired) electrons. The molecular weight excluding hydrogens is 504 g/mol. The second-order valence-electron chi connectivity index (χ2n) is 8.98. The number of aromatic nitrogens is 2. The zero-order chi connectivity index (χ0) is 26.8. The molecule has 3 heterocycles. The summed E-state index contributed by atoms with van der Waals surface area (Å²) in [6, 6.07) is 14.5. The van der Waals surface area contributed by atoms with Crippen LogP contribution in [0.3, 0.4) is 0 Å². The van der Waals surface area contributed by atoms with Gasteiger partial charge in [-0.1, -0.05) is 42.4 Å². The predicted octanol–water partition coefficient (Wildman–Crippen LogP) is 4.42. The molecule has 2 aliphatic rings. The van der Waals surface area contributed by atoms with Gasteiger partial charge in [0.2, 0.25) is 0 Å². The molecule has 0 saturated carbocycles. The van der Waals surface area contributed by atoms with E-state index in [-0.39, 0.29) is 24.1 Å². The monoisotopic (exact) mass is 530 g/mol. The number of amides is 1. The van der Waals surface area contributed by atoms with Crippen LogP contribution in [0, 0.1) is 11.3 Å². The third-order valence-corrected chi connectivity index (χ3v) is 7.17. The topological polar surface area (TPSA) is 94.8 Å². The van der Waals surface area contributed by atoms with Crippen molar-refractivity contribution in [3.8, 4) is 12.1 Å². The molecule has 194 valence electrons. The number of benzene rings is 2. The molecule has 1 aromatic heterocycles. The molecule has 1 amide bonds. The van der Waals surface area contributed by atoms with Gasteiger partial charge in [-0.3, -0.25) is 4.79 Å². The van der Waals surface area contributed by atoms with Crippen LogP contribution in [0.1, 0.15) is 17.7 Å². The number of fused-ring (bicyclic) bond motifs is 2. The molecule has 0 unspecified atom stereocenters. The van der Waals surface area contributed by atoms with Crippen LogP contribution in [-0.4, -0.2) is 54.6 Å². The number of carbonyl (C=O) groups excluding carboxylic acids is 1. The number of nitriles is 1. The molecule has 38 heavy (non-hydrogen) atoms. The van der Waals surface area contributed by atoms with Crippen molar-refractivity contribution in [2.24, 2.45) is 0 Å². The van der Waals surface area contributed by atoms with Gasteiger partial charge in [-0.25, -0.2) is 0 Å². The van der Waals surface area contributed by atoms with E-state index < -0.39 is 0 Å². The van der Waals surface area contributed by atoms with Crippen molar-refractivity contribution in [2.45, 2.75) is 19.4 Å². The predicted molar refractivity (Wildman–Crippen MR) is 146 cm³/mol. The molecule has 0 fully saturated rings. The normalized spacial score (nSPS) is 15.0. The first-order chi connectivity index (χ1) is 18.4. The van der Waals surface area contributed by atoms with Crippen LogP contribution in [-0.2, 0) is 22.5 Å². The molecule has 5 rings (SSSR count). The summed E-state index contributed by atoms with van der Waals surface area (Å²) in [6.07, 6.45) is 2.56. The Morgan fingerprint density at radius 3 is 2.68 bits per heavy atom. The Morgan fingerprint density at radius 1 is 1.16 bits per heavy atom. The van der Waals surface area contributed by atoms with Gasteiger partial charge in [0, 0.05) is 42.5 Å². The van der Waals surface area contributed by atoms with Gasteiger partial charge in [-0.2, -0.15) is 15.2 Å². The minimum Gasteiger partial charge on any atom is -0.492 e. The molecule has 0 aliphatic carbocycles. The summed E-state index contributed by atoms with van der Waals surface area (Å²) in [6.45, 7) is 5.82. The minimum absolute atomic E-state index is 0.0250. The van der Waals surface area contributed by atoms with Gasteiger partial charge in [0.15, 0.2) is 5.76 Å². The van der Waals surface area contributed by atoms with Crippen LogP contribution in [0.5, 0.6) is 6.01 Å². The lowest BCUT2D eigenvalue weighted by Gasteiger charge is -2.37. The summed E-state index contributed by atoms with van der Waals surface area (Å²) < 4.78 is 10.5. The maximum absolute atomic E-state index is 12.8. The Hall–Kier alpha value is -4.29. The van der Waals surface area contributed by atoms with Crippen molar-refractivity contribution in [1.29, 1.82) is 5.26 Å². The van der Waals surface area contributed by atoms with E-state index in [1.54, 1.807) is 13.3 Å². The highest BCUT2D eigenvalue weighted by molar-refractivity contribution is 6.36. The largest absolute Gasteiger partial charge is 0.492 e. The van der Waals surface area contributed by atoms with Crippen LogP contribution >= 0.6 is 11.6 Å². The molecule has 3 aromatic rings. The third-order valence-electron chi connectivity index (χ3n) is 6.86. The van der Waals surface area contributed by atoms with Crippen LogP contribution < -0.4 is 14.5 Å². The highest BCUT2D eigenvalue weighted by Gasteiger charge is 2.30. The SMILES string of the molecule is C=C(OC)C(=O)N1CCN(c2nc(OC)nc3c2CCN(c2cccc4cccc(Cl)c24)C3)C=C1CC#N. The molecule has 0 N–H and O–H groups in total. The van der Waals surface area contributed by atoms with Crippen molar-refractivity contribution in [2.75, 3.05) is 43.7 Å². The number of allylic oxidation sites excluding steroid dienone is 1. The Labute approximate surface area is 226 Å². The summed E-state index contributed by atoms with van der Waals surface area (Å²) in [5.41, 5.74) is 3.49. The Bertz CT molecular complexity index is 1490. The van der Waals surface area contributed by atoms with E-state index in [0.29, 0.717) is 36.8 Å². The first-order valence-corrected chi connectivity index (χ1v) is 12.6. The van der Waals surface area contributed by atoms with Gasteiger partial charge in [-0.05, 0) is 23.9 Å². The Morgan fingerprint density at radius 2 is 1.95 bits per heavy atom. The number of methoxy groups -OCH3 is 2. The number of halogens is 1. The summed E-state index contributed by atoms with van der Waals surface area (Å²) in [5.74, 6) is 0.382. The quantitative estimate of drug-likeness (QED) is 0.341. The second kappa shape index (κ2) is 10.6. The molecule has 0 bridgehead atoms. The fourth-order valence-corrected chi connectivity index (χ4v) is 5.27. The van der Waals surface area contributed by atoms with Crippen molar-refractivity contribution >= 4 is 39.8 Å². The van der Waals surface area contributed by atoms with E-state index in [1.165, 1.54) is 12.0 Å². The van der Waals surface area contributed by atoms with Crippen LogP contribution in [0.2, 0.25) is 5.02 Å². The van der Waals surface area contributed by atoms with Crippen molar-refractivity contribution in [3.05, 3.63) is 76.9 Å². The first kappa shape index (κ1) is 25.4. The number of hydrogen-bond acceptors (Lipinski definition) is 8. The van der Waals surface area contributed by atoms with Gasteiger partial charge in [0.1, 0.15) is 5.82 Å². The lowest BCUT2D eigenvalue weighted by atomic mass is 10.0. The number of nitrogens with zero attached hydrogens (tertiary/aromatic N) is 6. The fourth-order valence-electron chi connectivity index (χ4n) is 4.99. The zero-order valence-corrected chi connectivity index (χ0v) is 22.0. The number of ether oxygens (including phenoxy) is 2. The Balaban J connectivity index is 1.51. The van der Waals surface area contributed by atoms with E-state index in [1.807, 2.05) is 23.1 Å². The standard InChI is InChI=1S/C28H27ClN6O3/c1-18(37-2)27(36)35-15-14-34(16-20(35)10-12-30)26-21-11-13-33(17-23(21)31-28(32-26)38-3)24-9-5-7-19-6-4-8-22(29)25(19)24/h4-9,16H,1,10-11,13-15,17H2,2-3H3. The van der Waals surface area contributed by atoms with E-state index in [9.17, 15) is 10.1 Å². The van der Waals surface area contributed by atoms with E-state index in [2.05, 4.69) is 40.7 Å². The highest BCUT2D eigenvalue weighted by atomic mass is 35.5. The highest BCUT2D eigenvalue weighted by Crippen LogP contribution is 2.37. The summed E-state index contributed by atoms with van der Waals surface area (Å²) >= 11 is 6.61. The van der Waals surface area contributed by atoms with Crippen molar-refractivity contribution in [1.82, 2.24) is 14.9 Å². The van der Waals surface area contributed by atoms with Crippen LogP contribution in [0.4, 0.5) is 11.5 Å². The van der Waals surface area contributed by atoms with Gasteiger partial charge in [0.25, 0.3) is 5.91 Å². The lowest BCUT2D eigenvalue weighted by molar-refractivity contribution is -0.128. The molecule has 0 atom stereocenters. The summed E-state index contributed by atoms with van der Waals surface area (Å²) in [4.78, 5) is 27.9. The minimum atomic E-state index is -0.361. The third kappa shape index (κ3) is 4.59. The average Bonchev–Trinajstić information content (AvgIpc) is 2.95. The van der Waals surface area contributed by atoms with E-state index in [0.717, 1.165) is 40.1 Å². The van der Waals surface area contributed by atoms with Crippen LogP contribution in [0.25, 0.3) is 10.8 Å². The van der Waals surface area contributed by atoms with E-state index >= 15 is 0 Å². The first-order valence-electron chi connectivity index (χ1n) is 12.2. The molecule has 2 aromatic carbocycles. The fraction of sp³-hybridized carbons (Fsp3) is 0.286. The average molecular weight is 531 g/mol. The lowest BCUT2D eigenvalue weighted by Crippen LogP contribution is -2.43. The molecule has 2 aliphatic heterocycles. The number of rotatable bonds is 6. The number of carbonyl (C=O) groups is 1. The maximum atomic E-state index is 12.8.